The minimum atomic E-state index is -4.94. The van der Waals surface area contributed by atoms with E-state index in [0.29, 0.717) is 0 Å². The summed E-state index contributed by atoms with van der Waals surface area (Å²) >= 11 is 0. The molecule has 0 amide bonds. The van der Waals surface area contributed by atoms with Crippen molar-refractivity contribution in [3.05, 3.63) is 0 Å². The topological polar surface area (TPSA) is 216 Å². The number of hydrogen-bond donors (Lipinski definition) is 0. The van der Waals surface area contributed by atoms with Crippen molar-refractivity contribution in [2.45, 2.75) is 0 Å². The number of halogens is 2. The van der Waals surface area contributed by atoms with Crippen molar-refractivity contribution in [1.29, 1.82) is 0 Å². The van der Waals surface area contributed by atoms with Gasteiger partial charge in [0, 0.05) is 0 Å². The first-order valence-electron chi connectivity index (χ1n) is 1.23. The van der Waals surface area contributed by atoms with E-state index in [1.165, 1.54) is 0 Å². The van der Waals surface area contributed by atoms with Gasteiger partial charge in [-0.05, 0) is 0 Å². The van der Waals surface area contributed by atoms with Crippen LogP contribution in [0.2, 0.25) is 0 Å². The van der Waals surface area contributed by atoms with Crippen molar-refractivity contribution in [1.82, 2.24) is 0 Å². The van der Waals surface area contributed by atoms with Crippen LogP contribution in [0.15, 0.2) is 0 Å². The zero-order chi connectivity index (χ0) is 9.00. The zero-order valence-corrected chi connectivity index (χ0v) is 12.2. The van der Waals surface area contributed by atoms with Crippen molar-refractivity contribution in [3.63, 3.8) is 0 Å². The minimum absolute atomic E-state index is 0. The molecule has 0 aromatic rings. The van der Waals surface area contributed by atoms with Crippen molar-refractivity contribution in [2.75, 3.05) is 0 Å². The third-order valence-electron chi connectivity index (χ3n) is 0. The average Bonchev–Trinajstić information content (AvgIpc) is 1.12. The maximum absolute atomic E-state index is 8.49. The molecule has 0 spiro atoms. The van der Waals surface area contributed by atoms with E-state index in [2.05, 4.69) is 0 Å². The molecule has 0 fully saturated rings. The summed E-state index contributed by atoms with van der Waals surface area (Å²) in [6, 6.07) is 0. The summed E-state index contributed by atoms with van der Waals surface area (Å²) < 4.78 is 67.9. The predicted molar refractivity (Wildman–Crippen MR) is 12.2 cm³/mol. The molecule has 0 aliphatic heterocycles. The monoisotopic (exact) mass is 426 g/mol. The molecule has 0 radical (unpaired) electrons. The first-order valence-corrected chi connectivity index (χ1v) is 3.70. The van der Waals surface area contributed by atoms with Crippen LogP contribution in [0.1, 0.15) is 0 Å². The van der Waals surface area contributed by atoms with Gasteiger partial charge in [0.1, 0.15) is 0 Å². The summed E-state index contributed by atoms with van der Waals surface area (Å²) in [7, 11) is -9.89. The molecular weight excluding hydrogens is 422 g/mol. The Morgan fingerprint density at radius 1 is 0.500 bits per heavy atom. The summed E-state index contributed by atoms with van der Waals surface area (Å²) in [6.07, 6.45) is 0. The van der Waals surface area contributed by atoms with Crippen LogP contribution in [0.25, 0.3) is 0 Å². The van der Waals surface area contributed by atoms with Gasteiger partial charge in [0.25, 0.3) is 0 Å². The van der Waals surface area contributed by atoms with Crippen LogP contribution < -0.4 is 37.3 Å². The van der Waals surface area contributed by atoms with Crippen molar-refractivity contribution < 1.29 is 63.2 Å². The van der Waals surface area contributed by atoms with E-state index in [4.69, 9.17) is 37.3 Å². The Kier molecular flexibility index (Phi) is 16.9. The van der Waals surface area contributed by atoms with E-state index < -0.39 is 20.5 Å². The van der Waals surface area contributed by atoms with E-state index in [-0.39, 0.29) is 32.8 Å². The molecule has 9 nitrogen and oxygen atoms in total. The SMILES string of the molecule is O.[O-][Cl+3]([O-])([O-])[O-].[O-][Cl+3]([O-])([O-])[O-].[PbH2+2]. The molecule has 0 aliphatic carbocycles. The van der Waals surface area contributed by atoms with Gasteiger partial charge in [-0.2, -0.15) is 0 Å². The zero-order valence-electron chi connectivity index (χ0n) is 5.23. The number of rotatable bonds is 0. The summed E-state index contributed by atoms with van der Waals surface area (Å²) in [5.41, 5.74) is 0. The Morgan fingerprint density at radius 3 is 0.500 bits per heavy atom. The average molecular weight is 426 g/mol. The first kappa shape index (κ1) is 23.2. The van der Waals surface area contributed by atoms with E-state index in [9.17, 15) is 0 Å². The van der Waals surface area contributed by atoms with Crippen LogP contribution in [-0.2, 0) is 0 Å². The van der Waals surface area contributed by atoms with Gasteiger partial charge in [-0.3, -0.25) is 0 Å². The summed E-state index contributed by atoms with van der Waals surface area (Å²) in [6.45, 7) is 0. The first-order chi connectivity index (χ1) is 4.00. The molecule has 0 unspecified atom stereocenters. The fourth-order valence-electron chi connectivity index (χ4n) is 0. The van der Waals surface area contributed by atoms with Gasteiger partial charge in [0.2, 0.25) is 0 Å². The predicted octanol–water partition coefficient (Wildman–Crippen LogP) is -11.3. The standard InChI is InChI=1S/2ClHO4.H2O.Pb.2H/c2*2-1(3,4)5;;;;/h2*(H,2,3,4,5);1H2;;;/q;;;+2;;/p-2. The van der Waals surface area contributed by atoms with Crippen LogP contribution in [-0.4, -0.2) is 32.8 Å². The van der Waals surface area contributed by atoms with Crippen LogP contribution in [0, 0.1) is 20.5 Å². The van der Waals surface area contributed by atoms with Gasteiger partial charge >= 0.3 is 27.3 Å². The molecule has 12 heteroatoms. The third kappa shape index (κ3) is 879. The maximum atomic E-state index is 8.49. The molecular formula is H4Cl2O9Pb. The van der Waals surface area contributed by atoms with Gasteiger partial charge in [-0.25, -0.2) is 37.3 Å². The van der Waals surface area contributed by atoms with Crippen LogP contribution in [0.4, 0.5) is 0 Å². The van der Waals surface area contributed by atoms with Gasteiger partial charge in [-0.1, -0.05) is 0 Å². The molecule has 2 N–H and O–H groups in total. The molecule has 0 bridgehead atoms. The molecule has 0 saturated heterocycles. The Bertz CT molecular complexity index is 55.5. The Balaban J connectivity index is -0.0000000457. The van der Waals surface area contributed by atoms with Crippen LogP contribution in [0.3, 0.4) is 0 Å². The Hall–Kier alpha value is 1.14. The van der Waals surface area contributed by atoms with Gasteiger partial charge in [0.05, 0.1) is 0 Å². The molecule has 12 heavy (non-hydrogen) atoms. The second-order valence-corrected chi connectivity index (χ2v) is 2.27. The quantitative estimate of drug-likeness (QED) is 0.338. The summed E-state index contributed by atoms with van der Waals surface area (Å²) in [5, 5.41) is 0. The molecule has 0 aliphatic rings. The van der Waals surface area contributed by atoms with Crippen molar-refractivity contribution in [2.24, 2.45) is 0 Å². The molecule has 0 rings (SSSR count). The van der Waals surface area contributed by atoms with Crippen LogP contribution in [0.5, 0.6) is 0 Å². The third-order valence-corrected chi connectivity index (χ3v) is 0. The molecule has 0 atom stereocenters. The van der Waals surface area contributed by atoms with Crippen LogP contribution >= 0.6 is 0 Å². The van der Waals surface area contributed by atoms with Gasteiger partial charge < -0.3 is 5.48 Å². The Labute approximate surface area is 90.4 Å². The molecule has 0 saturated carbocycles. The number of hydrogen-bond acceptors (Lipinski definition) is 8. The Morgan fingerprint density at radius 2 is 0.500 bits per heavy atom. The van der Waals surface area contributed by atoms with Gasteiger partial charge in [-0.15, -0.1) is 20.5 Å². The van der Waals surface area contributed by atoms with Gasteiger partial charge in [0.15, 0.2) is 0 Å². The van der Waals surface area contributed by atoms with E-state index in [0.717, 1.165) is 0 Å². The van der Waals surface area contributed by atoms with Crippen molar-refractivity contribution in [3.8, 4) is 0 Å². The van der Waals surface area contributed by atoms with E-state index >= 15 is 0 Å². The molecule has 0 aromatic carbocycles. The van der Waals surface area contributed by atoms with E-state index in [1.54, 1.807) is 0 Å². The molecule has 0 aromatic heterocycles. The summed E-state index contributed by atoms with van der Waals surface area (Å²) in [4.78, 5) is 0. The van der Waals surface area contributed by atoms with E-state index in [1.807, 2.05) is 0 Å². The summed E-state index contributed by atoms with van der Waals surface area (Å²) in [5.74, 6) is 0. The fraction of sp³-hybridized carbons (Fsp3) is 0. The molecule has 0 heterocycles. The van der Waals surface area contributed by atoms with Crippen molar-refractivity contribution >= 4 is 27.3 Å². The second kappa shape index (κ2) is 8.73. The molecule has 76 valence electrons. The second-order valence-electron chi connectivity index (χ2n) is 0.756. The normalized spacial score (nSPS) is 10.0. The fourth-order valence-corrected chi connectivity index (χ4v) is 0.